The molecule has 0 spiro atoms. The van der Waals surface area contributed by atoms with Gasteiger partial charge in [-0.3, -0.25) is 14.6 Å². The van der Waals surface area contributed by atoms with Crippen molar-refractivity contribution in [3.05, 3.63) is 70.8 Å². The fourth-order valence-corrected chi connectivity index (χ4v) is 4.94. The topological polar surface area (TPSA) is 35.6 Å². The smallest absolute Gasteiger partial charge is 0.224 e. The van der Waals surface area contributed by atoms with Crippen LogP contribution in [0.2, 0.25) is 0 Å². The number of benzene rings is 2. The summed E-state index contributed by atoms with van der Waals surface area (Å²) in [5.74, 6) is 1.16. The van der Waals surface area contributed by atoms with E-state index in [0.29, 0.717) is 6.54 Å². The van der Waals surface area contributed by atoms with Crippen molar-refractivity contribution >= 4 is 5.91 Å². The first kappa shape index (κ1) is 23.0. The quantitative estimate of drug-likeness (QED) is 0.684. The molecule has 2 aliphatic heterocycles. The zero-order chi connectivity index (χ0) is 22.3. The molecule has 4 rings (SSSR count). The first-order chi connectivity index (χ1) is 15.5. The number of hydrogen-bond acceptors (Lipinski definition) is 3. The Labute approximate surface area is 194 Å². The standard InChI is InChI=1S/C28H39N3O/c1-22-5-7-25(8-6-22)20-31-15-3-4-27(21-31)28(32)29-18-24-9-11-26(12-10-24)19-30-16-13-23(2)14-17-30/h5-12,23,27H,3-4,13-21H2,1-2H3,(H,29,32). The summed E-state index contributed by atoms with van der Waals surface area (Å²) in [5, 5.41) is 3.19. The number of likely N-dealkylation sites (tertiary alicyclic amines) is 2. The van der Waals surface area contributed by atoms with Crippen LogP contribution in [0, 0.1) is 18.8 Å². The third-order valence-electron chi connectivity index (χ3n) is 7.18. The van der Waals surface area contributed by atoms with E-state index in [1.165, 1.54) is 48.2 Å². The van der Waals surface area contributed by atoms with Crippen LogP contribution in [0.5, 0.6) is 0 Å². The van der Waals surface area contributed by atoms with E-state index < -0.39 is 0 Å². The van der Waals surface area contributed by atoms with Crippen LogP contribution in [0.3, 0.4) is 0 Å². The molecular weight excluding hydrogens is 394 g/mol. The minimum atomic E-state index is 0.0926. The minimum absolute atomic E-state index is 0.0926. The van der Waals surface area contributed by atoms with Gasteiger partial charge in [0.1, 0.15) is 0 Å². The molecule has 2 aromatic carbocycles. The lowest BCUT2D eigenvalue weighted by Gasteiger charge is -2.32. The number of nitrogens with one attached hydrogen (secondary N) is 1. The maximum Gasteiger partial charge on any atom is 0.224 e. The molecule has 0 aromatic heterocycles. The lowest BCUT2D eigenvalue weighted by Crippen LogP contribution is -2.42. The van der Waals surface area contributed by atoms with Crippen molar-refractivity contribution in [1.82, 2.24) is 15.1 Å². The number of rotatable bonds is 7. The summed E-state index contributed by atoms with van der Waals surface area (Å²) in [6.07, 6.45) is 4.71. The highest BCUT2D eigenvalue weighted by Crippen LogP contribution is 2.20. The monoisotopic (exact) mass is 433 g/mol. The summed E-state index contributed by atoms with van der Waals surface area (Å²) < 4.78 is 0. The lowest BCUT2D eigenvalue weighted by molar-refractivity contribution is -0.126. The van der Waals surface area contributed by atoms with Gasteiger partial charge < -0.3 is 5.32 Å². The molecule has 2 saturated heterocycles. The van der Waals surface area contributed by atoms with E-state index in [-0.39, 0.29) is 11.8 Å². The molecule has 0 bridgehead atoms. The predicted octanol–water partition coefficient (Wildman–Crippen LogP) is 4.76. The van der Waals surface area contributed by atoms with E-state index in [4.69, 9.17) is 0 Å². The van der Waals surface area contributed by atoms with Gasteiger partial charge in [-0.25, -0.2) is 0 Å². The van der Waals surface area contributed by atoms with E-state index in [1.807, 2.05) is 0 Å². The SMILES string of the molecule is Cc1ccc(CN2CCCC(C(=O)NCc3ccc(CN4CCC(C)CC4)cc3)C2)cc1. The molecule has 0 aliphatic carbocycles. The van der Waals surface area contributed by atoms with Crippen molar-refractivity contribution in [3.8, 4) is 0 Å². The molecule has 2 aromatic rings. The normalized spacial score (nSPS) is 20.9. The highest BCUT2D eigenvalue weighted by atomic mass is 16.1. The number of carbonyl (C=O) groups excluding carboxylic acids is 1. The van der Waals surface area contributed by atoms with Gasteiger partial charge in [0.05, 0.1) is 5.92 Å². The van der Waals surface area contributed by atoms with Gasteiger partial charge >= 0.3 is 0 Å². The Morgan fingerprint density at radius 3 is 2.12 bits per heavy atom. The fraction of sp³-hybridized carbons (Fsp3) is 0.536. The minimum Gasteiger partial charge on any atom is -0.352 e. The molecule has 2 aliphatic rings. The number of amides is 1. The Hall–Kier alpha value is -2.17. The number of carbonyl (C=O) groups is 1. The van der Waals surface area contributed by atoms with Crippen molar-refractivity contribution in [1.29, 1.82) is 0 Å². The molecule has 4 nitrogen and oxygen atoms in total. The van der Waals surface area contributed by atoms with Crippen molar-refractivity contribution < 1.29 is 4.79 Å². The Kier molecular flexibility index (Phi) is 7.99. The van der Waals surface area contributed by atoms with E-state index >= 15 is 0 Å². The van der Waals surface area contributed by atoms with Crippen LogP contribution in [0.15, 0.2) is 48.5 Å². The molecule has 1 atom stereocenters. The summed E-state index contributed by atoms with van der Waals surface area (Å²) in [7, 11) is 0. The molecule has 1 unspecified atom stereocenters. The molecule has 32 heavy (non-hydrogen) atoms. The van der Waals surface area contributed by atoms with Crippen LogP contribution in [0.4, 0.5) is 0 Å². The van der Waals surface area contributed by atoms with E-state index in [0.717, 1.165) is 44.9 Å². The maximum atomic E-state index is 12.8. The van der Waals surface area contributed by atoms with Crippen LogP contribution >= 0.6 is 0 Å². The second-order valence-electron chi connectivity index (χ2n) is 10.1. The Morgan fingerprint density at radius 1 is 0.844 bits per heavy atom. The second-order valence-corrected chi connectivity index (χ2v) is 10.1. The van der Waals surface area contributed by atoms with E-state index in [9.17, 15) is 4.79 Å². The molecular formula is C28H39N3O. The highest BCUT2D eigenvalue weighted by molar-refractivity contribution is 5.79. The maximum absolute atomic E-state index is 12.8. The van der Waals surface area contributed by atoms with E-state index in [2.05, 4.69) is 77.5 Å². The molecule has 2 fully saturated rings. The van der Waals surface area contributed by atoms with Crippen LogP contribution in [0.1, 0.15) is 54.9 Å². The van der Waals surface area contributed by atoms with Gasteiger partial charge in [-0.05, 0) is 74.8 Å². The number of nitrogens with zero attached hydrogens (tertiary/aromatic N) is 2. The van der Waals surface area contributed by atoms with Gasteiger partial charge in [-0.15, -0.1) is 0 Å². The molecule has 0 saturated carbocycles. The largest absolute Gasteiger partial charge is 0.352 e. The Bertz CT molecular complexity index is 853. The average Bonchev–Trinajstić information content (AvgIpc) is 2.81. The number of aryl methyl sites for hydroxylation is 1. The highest BCUT2D eigenvalue weighted by Gasteiger charge is 2.25. The van der Waals surface area contributed by atoms with E-state index in [1.54, 1.807) is 0 Å². The fourth-order valence-electron chi connectivity index (χ4n) is 4.94. The molecule has 2 heterocycles. The molecule has 4 heteroatoms. The molecule has 172 valence electrons. The molecule has 1 N–H and O–H groups in total. The number of piperidine rings is 2. The number of hydrogen-bond donors (Lipinski definition) is 1. The van der Waals surface area contributed by atoms with Gasteiger partial charge in [0.15, 0.2) is 0 Å². The van der Waals surface area contributed by atoms with Gasteiger partial charge in [0.25, 0.3) is 0 Å². The molecule has 0 radical (unpaired) electrons. The van der Waals surface area contributed by atoms with Crippen LogP contribution in [-0.2, 0) is 24.4 Å². The van der Waals surface area contributed by atoms with Crippen molar-refractivity contribution in [3.63, 3.8) is 0 Å². The van der Waals surface area contributed by atoms with Gasteiger partial charge in [-0.2, -0.15) is 0 Å². The zero-order valence-electron chi connectivity index (χ0n) is 19.9. The summed E-state index contributed by atoms with van der Waals surface area (Å²) in [4.78, 5) is 17.8. The third-order valence-corrected chi connectivity index (χ3v) is 7.18. The lowest BCUT2D eigenvalue weighted by atomic mass is 9.96. The second kappa shape index (κ2) is 11.1. The zero-order valence-corrected chi connectivity index (χ0v) is 19.9. The summed E-state index contributed by atoms with van der Waals surface area (Å²) >= 11 is 0. The van der Waals surface area contributed by atoms with Crippen molar-refractivity contribution in [2.45, 2.75) is 59.2 Å². The predicted molar refractivity (Wildman–Crippen MR) is 131 cm³/mol. The Morgan fingerprint density at radius 2 is 1.44 bits per heavy atom. The van der Waals surface area contributed by atoms with Crippen molar-refractivity contribution in [2.24, 2.45) is 11.8 Å². The first-order valence-corrected chi connectivity index (χ1v) is 12.4. The van der Waals surface area contributed by atoms with Crippen LogP contribution in [0.25, 0.3) is 0 Å². The Balaban J connectivity index is 1.22. The first-order valence-electron chi connectivity index (χ1n) is 12.4. The van der Waals surface area contributed by atoms with Gasteiger partial charge in [0.2, 0.25) is 5.91 Å². The summed E-state index contributed by atoms with van der Waals surface area (Å²) in [6, 6.07) is 17.5. The van der Waals surface area contributed by atoms with Crippen LogP contribution < -0.4 is 5.32 Å². The van der Waals surface area contributed by atoms with Crippen LogP contribution in [-0.4, -0.2) is 41.9 Å². The van der Waals surface area contributed by atoms with Crippen molar-refractivity contribution in [2.75, 3.05) is 26.2 Å². The molecule has 1 amide bonds. The van der Waals surface area contributed by atoms with Gasteiger partial charge in [-0.1, -0.05) is 61.0 Å². The summed E-state index contributed by atoms with van der Waals surface area (Å²) in [5.41, 5.74) is 5.17. The summed E-state index contributed by atoms with van der Waals surface area (Å²) in [6.45, 7) is 11.4. The van der Waals surface area contributed by atoms with Gasteiger partial charge in [0, 0.05) is 26.2 Å². The average molecular weight is 434 g/mol. The third kappa shape index (κ3) is 6.66.